The van der Waals surface area contributed by atoms with Crippen molar-refractivity contribution in [3.63, 3.8) is 0 Å². The smallest absolute Gasteiger partial charge is 0.0498 e. The van der Waals surface area contributed by atoms with Crippen LogP contribution < -0.4 is 5.32 Å². The molecule has 1 aliphatic heterocycles. The highest BCUT2D eigenvalue weighted by Crippen LogP contribution is 2.33. The number of aryl methyl sites for hydroxylation is 2. The summed E-state index contributed by atoms with van der Waals surface area (Å²) >= 11 is 6.11. The minimum atomic E-state index is 0.495. The van der Waals surface area contributed by atoms with Gasteiger partial charge in [-0.05, 0) is 44.0 Å². The van der Waals surface area contributed by atoms with E-state index in [1.165, 1.54) is 41.4 Å². The van der Waals surface area contributed by atoms with E-state index in [1.807, 2.05) is 6.07 Å². The monoisotopic (exact) mass is 262 g/mol. The predicted molar refractivity (Wildman–Crippen MR) is 77.3 cm³/mol. The Hall–Kier alpha value is -0.990. The molecular formula is C15H19ClN2. The summed E-state index contributed by atoms with van der Waals surface area (Å²) < 4.78 is 2.31. The standard InChI is InChI=1S/C15H19ClN2/c1-10-12-7-6-11(16)9-14(12)18(2)15(10)13-5-3-4-8-17-13/h6-7,9,13,17H,3-5,8H2,1-2H3. The molecule has 2 nitrogen and oxygen atoms in total. The third kappa shape index (κ3) is 1.84. The molecular weight excluding hydrogens is 244 g/mol. The number of hydrogen-bond acceptors (Lipinski definition) is 1. The first-order chi connectivity index (χ1) is 8.68. The molecule has 1 saturated heterocycles. The van der Waals surface area contributed by atoms with Crippen LogP contribution in [0.15, 0.2) is 18.2 Å². The Morgan fingerprint density at radius 3 is 2.89 bits per heavy atom. The van der Waals surface area contributed by atoms with E-state index in [2.05, 4.69) is 36.0 Å². The Balaban J connectivity index is 2.16. The van der Waals surface area contributed by atoms with E-state index in [9.17, 15) is 0 Å². The van der Waals surface area contributed by atoms with Gasteiger partial charge in [-0.3, -0.25) is 0 Å². The molecule has 18 heavy (non-hydrogen) atoms. The average molecular weight is 263 g/mol. The first-order valence-corrected chi connectivity index (χ1v) is 7.04. The highest BCUT2D eigenvalue weighted by atomic mass is 35.5. The molecule has 1 fully saturated rings. The third-order valence-corrected chi connectivity index (χ3v) is 4.35. The number of piperidine rings is 1. The summed E-state index contributed by atoms with van der Waals surface area (Å²) in [5.74, 6) is 0. The van der Waals surface area contributed by atoms with Crippen molar-refractivity contribution in [3.05, 3.63) is 34.5 Å². The zero-order valence-corrected chi connectivity index (χ0v) is 11.7. The minimum absolute atomic E-state index is 0.495. The number of hydrogen-bond donors (Lipinski definition) is 1. The van der Waals surface area contributed by atoms with Gasteiger partial charge >= 0.3 is 0 Å². The number of rotatable bonds is 1. The van der Waals surface area contributed by atoms with Crippen LogP contribution in [-0.4, -0.2) is 11.1 Å². The quantitative estimate of drug-likeness (QED) is 0.823. The van der Waals surface area contributed by atoms with Crippen molar-refractivity contribution in [1.82, 2.24) is 9.88 Å². The molecule has 2 aromatic rings. The fourth-order valence-corrected chi connectivity index (χ4v) is 3.37. The molecule has 0 radical (unpaired) electrons. The van der Waals surface area contributed by atoms with Gasteiger partial charge in [0, 0.05) is 34.7 Å². The summed E-state index contributed by atoms with van der Waals surface area (Å²) in [6.07, 6.45) is 3.85. The molecule has 3 rings (SSSR count). The second-order valence-electron chi connectivity index (χ2n) is 5.23. The zero-order chi connectivity index (χ0) is 12.7. The lowest BCUT2D eigenvalue weighted by molar-refractivity contribution is 0.398. The van der Waals surface area contributed by atoms with E-state index in [0.29, 0.717) is 6.04 Å². The van der Waals surface area contributed by atoms with Gasteiger partial charge in [-0.1, -0.05) is 24.1 Å². The maximum Gasteiger partial charge on any atom is 0.0498 e. The van der Waals surface area contributed by atoms with E-state index in [-0.39, 0.29) is 0 Å². The normalized spacial score (nSPS) is 20.5. The molecule has 1 atom stereocenters. The van der Waals surface area contributed by atoms with E-state index >= 15 is 0 Å². The summed E-state index contributed by atoms with van der Waals surface area (Å²) in [6.45, 7) is 3.36. The van der Waals surface area contributed by atoms with Gasteiger partial charge in [-0.25, -0.2) is 0 Å². The van der Waals surface area contributed by atoms with Crippen LogP contribution in [0.3, 0.4) is 0 Å². The molecule has 0 aliphatic carbocycles. The molecule has 0 spiro atoms. The average Bonchev–Trinajstić information content (AvgIpc) is 2.63. The largest absolute Gasteiger partial charge is 0.346 e. The second-order valence-corrected chi connectivity index (χ2v) is 5.67. The number of halogens is 1. The third-order valence-electron chi connectivity index (χ3n) is 4.11. The van der Waals surface area contributed by atoms with E-state index in [1.54, 1.807) is 0 Å². The van der Waals surface area contributed by atoms with Crippen LogP contribution >= 0.6 is 11.6 Å². The summed E-state index contributed by atoms with van der Waals surface area (Å²) in [7, 11) is 2.15. The molecule has 0 bridgehead atoms. The number of nitrogens with one attached hydrogen (secondary N) is 1. The maximum absolute atomic E-state index is 6.11. The Morgan fingerprint density at radius 1 is 1.33 bits per heavy atom. The lowest BCUT2D eigenvalue weighted by atomic mass is 9.99. The molecule has 3 heteroatoms. The van der Waals surface area contributed by atoms with Gasteiger partial charge in [0.25, 0.3) is 0 Å². The van der Waals surface area contributed by atoms with Gasteiger partial charge < -0.3 is 9.88 Å². The summed E-state index contributed by atoms with van der Waals surface area (Å²) in [5.41, 5.74) is 4.05. The van der Waals surface area contributed by atoms with Gasteiger partial charge in [0.05, 0.1) is 0 Å². The van der Waals surface area contributed by atoms with Crippen LogP contribution in [0.5, 0.6) is 0 Å². The van der Waals surface area contributed by atoms with Gasteiger partial charge in [0.1, 0.15) is 0 Å². The zero-order valence-electron chi connectivity index (χ0n) is 11.0. The van der Waals surface area contributed by atoms with Crippen molar-refractivity contribution in [2.45, 2.75) is 32.2 Å². The molecule has 1 unspecified atom stereocenters. The molecule has 96 valence electrons. The first kappa shape index (κ1) is 12.1. The molecule has 2 heterocycles. The fraction of sp³-hybridized carbons (Fsp3) is 0.467. The number of fused-ring (bicyclic) bond motifs is 1. The van der Waals surface area contributed by atoms with Gasteiger partial charge in [0.2, 0.25) is 0 Å². The Kier molecular flexibility index (Phi) is 3.08. The maximum atomic E-state index is 6.11. The Bertz CT molecular complexity index is 580. The van der Waals surface area contributed by atoms with Crippen LogP contribution in [0, 0.1) is 6.92 Å². The summed E-state index contributed by atoms with van der Waals surface area (Å²) in [5, 5.41) is 5.77. The first-order valence-electron chi connectivity index (χ1n) is 6.66. The molecule has 1 aliphatic rings. The van der Waals surface area contributed by atoms with Crippen molar-refractivity contribution in [1.29, 1.82) is 0 Å². The van der Waals surface area contributed by atoms with Crippen LogP contribution in [0.4, 0.5) is 0 Å². The molecule has 0 amide bonds. The number of aromatic nitrogens is 1. The lowest BCUT2D eigenvalue weighted by Crippen LogP contribution is -2.28. The Labute approximate surface area is 113 Å². The molecule has 1 aromatic heterocycles. The number of nitrogens with zero attached hydrogens (tertiary/aromatic N) is 1. The van der Waals surface area contributed by atoms with Gasteiger partial charge in [-0.15, -0.1) is 0 Å². The van der Waals surface area contributed by atoms with Crippen molar-refractivity contribution in [2.75, 3.05) is 6.54 Å². The number of benzene rings is 1. The molecule has 0 saturated carbocycles. The van der Waals surface area contributed by atoms with Crippen LogP contribution in [0.25, 0.3) is 10.9 Å². The van der Waals surface area contributed by atoms with Crippen LogP contribution in [0.1, 0.15) is 36.6 Å². The van der Waals surface area contributed by atoms with Crippen molar-refractivity contribution < 1.29 is 0 Å². The minimum Gasteiger partial charge on any atom is -0.346 e. The highest BCUT2D eigenvalue weighted by Gasteiger charge is 2.22. The van der Waals surface area contributed by atoms with E-state index in [4.69, 9.17) is 11.6 Å². The SMILES string of the molecule is Cc1c(C2CCCCN2)n(C)c2cc(Cl)ccc12. The van der Waals surface area contributed by atoms with Crippen molar-refractivity contribution >= 4 is 22.5 Å². The summed E-state index contributed by atoms with van der Waals surface area (Å²) in [6, 6.07) is 6.68. The molecule has 1 N–H and O–H groups in total. The van der Waals surface area contributed by atoms with Crippen molar-refractivity contribution in [3.8, 4) is 0 Å². The van der Waals surface area contributed by atoms with Crippen molar-refractivity contribution in [2.24, 2.45) is 7.05 Å². The highest BCUT2D eigenvalue weighted by molar-refractivity contribution is 6.31. The van der Waals surface area contributed by atoms with Crippen LogP contribution in [0.2, 0.25) is 5.02 Å². The second kappa shape index (κ2) is 4.60. The summed E-state index contributed by atoms with van der Waals surface area (Å²) in [4.78, 5) is 0. The van der Waals surface area contributed by atoms with E-state index < -0.39 is 0 Å². The van der Waals surface area contributed by atoms with Crippen LogP contribution in [-0.2, 0) is 7.05 Å². The Morgan fingerprint density at radius 2 is 2.17 bits per heavy atom. The topological polar surface area (TPSA) is 17.0 Å². The lowest BCUT2D eigenvalue weighted by Gasteiger charge is -2.25. The fourth-order valence-electron chi connectivity index (χ4n) is 3.20. The predicted octanol–water partition coefficient (Wildman–Crippen LogP) is 3.95. The van der Waals surface area contributed by atoms with E-state index in [0.717, 1.165) is 11.6 Å². The molecule has 1 aromatic carbocycles. The van der Waals surface area contributed by atoms with Gasteiger partial charge in [-0.2, -0.15) is 0 Å². The van der Waals surface area contributed by atoms with Gasteiger partial charge in [0.15, 0.2) is 0 Å².